The van der Waals surface area contributed by atoms with Gasteiger partial charge in [0.05, 0.1) is 10.7 Å². The van der Waals surface area contributed by atoms with Crippen LogP contribution in [0.25, 0.3) is 0 Å². The van der Waals surface area contributed by atoms with Crippen LogP contribution in [0.2, 0.25) is 0 Å². The maximum atomic E-state index is 12.0. The molecular formula is C19H25N3O4S. The SMILES string of the molecule is CC(C)c1ccc(CNCCS(=O)(=O)NCc2ccccc2)cc1[N+](=O)[O-]. The van der Waals surface area contributed by atoms with Gasteiger partial charge in [0, 0.05) is 31.3 Å². The molecule has 0 aliphatic heterocycles. The van der Waals surface area contributed by atoms with Crippen molar-refractivity contribution < 1.29 is 13.3 Å². The first-order valence-corrected chi connectivity index (χ1v) is 10.4. The van der Waals surface area contributed by atoms with Gasteiger partial charge in [0.15, 0.2) is 0 Å². The number of nitrogens with one attached hydrogen (secondary N) is 2. The highest BCUT2D eigenvalue weighted by Gasteiger charge is 2.17. The molecule has 0 aliphatic carbocycles. The molecule has 8 heteroatoms. The lowest BCUT2D eigenvalue weighted by molar-refractivity contribution is -0.385. The van der Waals surface area contributed by atoms with E-state index in [2.05, 4.69) is 10.0 Å². The zero-order valence-corrected chi connectivity index (χ0v) is 16.3. The van der Waals surface area contributed by atoms with Crippen molar-refractivity contribution in [1.29, 1.82) is 0 Å². The van der Waals surface area contributed by atoms with Crippen LogP contribution >= 0.6 is 0 Å². The molecule has 2 rings (SSSR count). The molecule has 0 saturated heterocycles. The number of nitrogens with zero attached hydrogens (tertiary/aromatic N) is 1. The Morgan fingerprint density at radius 2 is 1.74 bits per heavy atom. The smallest absolute Gasteiger partial charge is 0.273 e. The number of nitro groups is 1. The molecule has 0 amide bonds. The fourth-order valence-corrected chi connectivity index (χ4v) is 3.59. The zero-order valence-electron chi connectivity index (χ0n) is 15.5. The van der Waals surface area contributed by atoms with Crippen LogP contribution < -0.4 is 10.0 Å². The van der Waals surface area contributed by atoms with Crippen LogP contribution in [0.3, 0.4) is 0 Å². The van der Waals surface area contributed by atoms with E-state index >= 15 is 0 Å². The Balaban J connectivity index is 1.83. The van der Waals surface area contributed by atoms with Crippen molar-refractivity contribution in [3.63, 3.8) is 0 Å². The molecule has 0 heterocycles. The van der Waals surface area contributed by atoms with E-state index in [1.807, 2.05) is 50.2 Å². The van der Waals surface area contributed by atoms with Gasteiger partial charge in [-0.2, -0.15) is 0 Å². The third kappa shape index (κ3) is 6.74. The van der Waals surface area contributed by atoms with Crippen LogP contribution in [0.4, 0.5) is 5.69 Å². The topological polar surface area (TPSA) is 101 Å². The molecule has 0 aliphatic rings. The second kappa shape index (κ2) is 9.59. The third-order valence-corrected chi connectivity index (χ3v) is 5.46. The molecule has 0 atom stereocenters. The van der Waals surface area contributed by atoms with Gasteiger partial charge in [0.1, 0.15) is 0 Å². The normalized spacial score (nSPS) is 11.7. The standard InChI is InChI=1S/C19H25N3O4S/c1-15(2)18-9-8-17(12-19(18)22(23)24)13-20-10-11-27(25,26)21-14-16-6-4-3-5-7-16/h3-9,12,15,20-21H,10-11,13-14H2,1-2H3. The van der Waals surface area contributed by atoms with Gasteiger partial charge >= 0.3 is 0 Å². The highest BCUT2D eigenvalue weighted by atomic mass is 32.2. The van der Waals surface area contributed by atoms with Gasteiger partial charge in [-0.05, 0) is 17.0 Å². The summed E-state index contributed by atoms with van der Waals surface area (Å²) in [5.41, 5.74) is 2.44. The highest BCUT2D eigenvalue weighted by Crippen LogP contribution is 2.27. The quantitative estimate of drug-likeness (QED) is 0.368. The molecule has 0 saturated carbocycles. The maximum Gasteiger partial charge on any atom is 0.273 e. The van der Waals surface area contributed by atoms with Crippen molar-refractivity contribution >= 4 is 15.7 Å². The fraction of sp³-hybridized carbons (Fsp3) is 0.368. The van der Waals surface area contributed by atoms with Gasteiger partial charge < -0.3 is 5.32 Å². The molecule has 0 fully saturated rings. The first kappa shape index (κ1) is 21.0. The Bertz CT molecular complexity index is 868. The number of benzene rings is 2. The molecule has 0 spiro atoms. The summed E-state index contributed by atoms with van der Waals surface area (Å²) in [6.45, 7) is 4.70. The number of hydrogen-bond acceptors (Lipinski definition) is 5. The summed E-state index contributed by atoms with van der Waals surface area (Å²) in [6, 6.07) is 14.4. The van der Waals surface area contributed by atoms with Crippen LogP contribution in [-0.4, -0.2) is 25.6 Å². The molecule has 0 radical (unpaired) electrons. The lowest BCUT2D eigenvalue weighted by Crippen LogP contribution is -2.31. The zero-order chi connectivity index (χ0) is 19.9. The second-order valence-electron chi connectivity index (χ2n) is 6.61. The van der Waals surface area contributed by atoms with E-state index in [0.29, 0.717) is 12.1 Å². The summed E-state index contributed by atoms with van der Waals surface area (Å²) < 4.78 is 26.6. The van der Waals surface area contributed by atoms with Crippen LogP contribution in [-0.2, 0) is 23.1 Å². The minimum absolute atomic E-state index is 0.0632. The predicted octanol–water partition coefficient (Wildman–Crippen LogP) is 2.93. The summed E-state index contributed by atoms with van der Waals surface area (Å²) in [7, 11) is -3.39. The summed E-state index contributed by atoms with van der Waals surface area (Å²) >= 11 is 0. The van der Waals surface area contributed by atoms with Crippen molar-refractivity contribution in [3.05, 3.63) is 75.3 Å². The van der Waals surface area contributed by atoms with Gasteiger partial charge in [0.2, 0.25) is 10.0 Å². The molecule has 2 N–H and O–H groups in total. The summed E-state index contributed by atoms with van der Waals surface area (Å²) in [6.07, 6.45) is 0. The predicted molar refractivity (Wildman–Crippen MR) is 106 cm³/mol. The van der Waals surface area contributed by atoms with Gasteiger partial charge in [-0.25, -0.2) is 13.1 Å². The van der Waals surface area contributed by atoms with E-state index in [-0.39, 0.29) is 35.4 Å². The monoisotopic (exact) mass is 391 g/mol. The lowest BCUT2D eigenvalue weighted by atomic mass is 9.99. The highest BCUT2D eigenvalue weighted by molar-refractivity contribution is 7.89. The largest absolute Gasteiger partial charge is 0.312 e. The Kier molecular flexibility index (Phi) is 7.46. The lowest BCUT2D eigenvalue weighted by Gasteiger charge is -2.10. The van der Waals surface area contributed by atoms with Gasteiger partial charge in [-0.1, -0.05) is 56.3 Å². The van der Waals surface area contributed by atoms with Gasteiger partial charge in [0.25, 0.3) is 5.69 Å². The molecule has 2 aromatic carbocycles. The third-order valence-electron chi connectivity index (χ3n) is 4.13. The average molecular weight is 391 g/mol. The summed E-state index contributed by atoms with van der Waals surface area (Å²) in [5, 5.41) is 14.3. The van der Waals surface area contributed by atoms with E-state index in [0.717, 1.165) is 11.1 Å². The number of rotatable bonds is 10. The van der Waals surface area contributed by atoms with Gasteiger partial charge in [-0.15, -0.1) is 0 Å². The van der Waals surface area contributed by atoms with Crippen molar-refractivity contribution in [3.8, 4) is 0 Å². The first-order valence-electron chi connectivity index (χ1n) is 8.77. The maximum absolute atomic E-state index is 12.0. The molecule has 146 valence electrons. The molecule has 27 heavy (non-hydrogen) atoms. The van der Waals surface area contributed by atoms with E-state index in [1.54, 1.807) is 12.1 Å². The van der Waals surface area contributed by atoms with Crippen LogP contribution in [0, 0.1) is 10.1 Å². The molecule has 0 unspecified atom stereocenters. The second-order valence-corrected chi connectivity index (χ2v) is 8.53. The Labute approximate surface area is 160 Å². The summed E-state index contributed by atoms with van der Waals surface area (Å²) in [5.74, 6) is -0.000301. The number of sulfonamides is 1. The van der Waals surface area contributed by atoms with Crippen LogP contribution in [0.15, 0.2) is 48.5 Å². The van der Waals surface area contributed by atoms with Crippen molar-refractivity contribution in [2.75, 3.05) is 12.3 Å². The van der Waals surface area contributed by atoms with Crippen molar-refractivity contribution in [2.24, 2.45) is 0 Å². The Hall–Kier alpha value is -2.29. The fourth-order valence-electron chi connectivity index (χ4n) is 2.65. The van der Waals surface area contributed by atoms with Crippen molar-refractivity contribution in [2.45, 2.75) is 32.9 Å². The molecule has 2 aromatic rings. The molecule has 0 bridgehead atoms. The van der Waals surface area contributed by atoms with E-state index in [9.17, 15) is 18.5 Å². The van der Waals surface area contributed by atoms with E-state index in [1.165, 1.54) is 0 Å². The van der Waals surface area contributed by atoms with Gasteiger partial charge in [-0.3, -0.25) is 10.1 Å². The van der Waals surface area contributed by atoms with Crippen molar-refractivity contribution in [1.82, 2.24) is 10.0 Å². The molecule has 7 nitrogen and oxygen atoms in total. The van der Waals surface area contributed by atoms with E-state index < -0.39 is 10.0 Å². The minimum atomic E-state index is -3.39. The minimum Gasteiger partial charge on any atom is -0.312 e. The first-order chi connectivity index (χ1) is 12.8. The average Bonchev–Trinajstić information content (AvgIpc) is 2.64. The number of nitro benzene ring substituents is 1. The Morgan fingerprint density at radius 3 is 2.37 bits per heavy atom. The van der Waals surface area contributed by atoms with Crippen LogP contribution in [0.5, 0.6) is 0 Å². The van der Waals surface area contributed by atoms with E-state index in [4.69, 9.17) is 0 Å². The summed E-state index contributed by atoms with van der Waals surface area (Å²) in [4.78, 5) is 10.8. The molecule has 0 aromatic heterocycles. The Morgan fingerprint density at radius 1 is 1.04 bits per heavy atom. The molecular weight excluding hydrogens is 366 g/mol. The number of hydrogen-bond donors (Lipinski definition) is 2. The van der Waals surface area contributed by atoms with Crippen LogP contribution in [0.1, 0.15) is 36.5 Å².